The van der Waals surface area contributed by atoms with Gasteiger partial charge in [-0.2, -0.15) is 5.26 Å². The number of ketones is 1. The molecule has 116 valence electrons. The fourth-order valence-corrected chi connectivity index (χ4v) is 2.20. The first-order valence-corrected chi connectivity index (χ1v) is 7.04. The number of aryl methyl sites for hydroxylation is 1. The van der Waals surface area contributed by atoms with E-state index >= 15 is 0 Å². The molecule has 4 nitrogen and oxygen atoms in total. The van der Waals surface area contributed by atoms with Crippen molar-refractivity contribution in [1.82, 2.24) is 0 Å². The van der Waals surface area contributed by atoms with E-state index in [4.69, 9.17) is 9.47 Å². The quantitative estimate of drug-likeness (QED) is 0.479. The maximum atomic E-state index is 12.6. The van der Waals surface area contributed by atoms with Crippen molar-refractivity contribution in [1.29, 1.82) is 5.26 Å². The summed E-state index contributed by atoms with van der Waals surface area (Å²) < 4.78 is 10.4. The van der Waals surface area contributed by atoms with Crippen molar-refractivity contribution in [2.75, 3.05) is 14.2 Å². The maximum absolute atomic E-state index is 12.6. The van der Waals surface area contributed by atoms with Gasteiger partial charge in [0.15, 0.2) is 0 Å². The van der Waals surface area contributed by atoms with Crippen LogP contribution in [0.15, 0.2) is 48.0 Å². The van der Waals surface area contributed by atoms with Crippen molar-refractivity contribution in [2.45, 2.75) is 6.92 Å². The smallest absolute Gasteiger partial charge is 0.203 e. The average molecular weight is 307 g/mol. The molecule has 0 aromatic heterocycles. The first kappa shape index (κ1) is 16.3. The number of benzene rings is 2. The van der Waals surface area contributed by atoms with Gasteiger partial charge in [-0.1, -0.05) is 24.3 Å². The van der Waals surface area contributed by atoms with Crippen LogP contribution >= 0.6 is 0 Å². The van der Waals surface area contributed by atoms with Crippen molar-refractivity contribution >= 4 is 11.9 Å². The summed E-state index contributed by atoms with van der Waals surface area (Å²) in [5.74, 6) is 0.889. The lowest BCUT2D eigenvalue weighted by atomic mass is 9.98. The van der Waals surface area contributed by atoms with Crippen LogP contribution in [0.2, 0.25) is 0 Å². The zero-order valence-corrected chi connectivity index (χ0v) is 13.3. The van der Waals surface area contributed by atoms with Gasteiger partial charge in [0.1, 0.15) is 23.1 Å². The molecule has 2 aromatic rings. The van der Waals surface area contributed by atoms with Crippen LogP contribution in [-0.4, -0.2) is 20.0 Å². The summed E-state index contributed by atoms with van der Waals surface area (Å²) >= 11 is 0. The Labute approximate surface area is 135 Å². The second-order valence-corrected chi connectivity index (χ2v) is 4.96. The predicted octanol–water partition coefficient (Wildman–Crippen LogP) is 3.80. The van der Waals surface area contributed by atoms with Crippen LogP contribution in [0.4, 0.5) is 0 Å². The number of methoxy groups -OCH3 is 2. The van der Waals surface area contributed by atoms with Gasteiger partial charge in [0.2, 0.25) is 5.78 Å². The Morgan fingerprint density at radius 3 is 2.22 bits per heavy atom. The van der Waals surface area contributed by atoms with Gasteiger partial charge in [0.25, 0.3) is 0 Å². The van der Waals surface area contributed by atoms with Crippen molar-refractivity contribution < 1.29 is 14.3 Å². The van der Waals surface area contributed by atoms with E-state index in [2.05, 4.69) is 0 Å². The van der Waals surface area contributed by atoms with Crippen LogP contribution < -0.4 is 9.47 Å². The van der Waals surface area contributed by atoms with Crippen molar-refractivity contribution in [3.05, 3.63) is 64.7 Å². The van der Waals surface area contributed by atoms with Crippen molar-refractivity contribution in [3.63, 3.8) is 0 Å². The molecule has 2 rings (SSSR count). The van der Waals surface area contributed by atoms with E-state index in [-0.39, 0.29) is 11.4 Å². The Morgan fingerprint density at radius 1 is 1.09 bits per heavy atom. The largest absolute Gasteiger partial charge is 0.497 e. The Kier molecular flexibility index (Phi) is 5.16. The topological polar surface area (TPSA) is 59.3 Å². The Balaban J connectivity index is 2.45. The molecule has 0 aliphatic heterocycles. The third kappa shape index (κ3) is 3.78. The minimum absolute atomic E-state index is 0.0645. The number of hydrogen-bond donors (Lipinski definition) is 0. The molecular formula is C19H17NO3. The maximum Gasteiger partial charge on any atom is 0.203 e. The fourth-order valence-electron chi connectivity index (χ4n) is 2.20. The first-order valence-electron chi connectivity index (χ1n) is 7.04. The fraction of sp³-hybridized carbons (Fsp3) is 0.158. The third-order valence-electron chi connectivity index (χ3n) is 3.44. The molecule has 0 spiro atoms. The van der Waals surface area contributed by atoms with Gasteiger partial charge in [-0.05, 0) is 36.3 Å². The summed E-state index contributed by atoms with van der Waals surface area (Å²) in [7, 11) is 3.10. The van der Waals surface area contributed by atoms with E-state index < -0.39 is 0 Å². The van der Waals surface area contributed by atoms with Crippen LogP contribution in [0.3, 0.4) is 0 Å². The highest BCUT2D eigenvalue weighted by molar-refractivity contribution is 6.14. The van der Waals surface area contributed by atoms with E-state index in [1.54, 1.807) is 50.6 Å². The molecular weight excluding hydrogens is 290 g/mol. The second-order valence-electron chi connectivity index (χ2n) is 4.96. The average Bonchev–Trinajstić information content (AvgIpc) is 2.59. The number of Topliss-reactive ketones (excluding diaryl/α,β-unsaturated/α-hetero) is 1. The summed E-state index contributed by atoms with van der Waals surface area (Å²) in [5, 5.41) is 9.36. The summed E-state index contributed by atoms with van der Waals surface area (Å²) in [6.45, 7) is 1.84. The van der Waals surface area contributed by atoms with E-state index in [0.29, 0.717) is 22.6 Å². The molecule has 0 heterocycles. The third-order valence-corrected chi connectivity index (χ3v) is 3.44. The lowest BCUT2D eigenvalue weighted by molar-refractivity contribution is 0.103. The van der Waals surface area contributed by atoms with E-state index in [9.17, 15) is 10.1 Å². The molecule has 0 saturated carbocycles. The number of nitriles is 1. The van der Waals surface area contributed by atoms with Crippen LogP contribution in [-0.2, 0) is 0 Å². The normalized spacial score (nSPS) is 10.8. The van der Waals surface area contributed by atoms with Crippen LogP contribution in [0.1, 0.15) is 21.5 Å². The number of carbonyl (C=O) groups is 1. The zero-order chi connectivity index (χ0) is 16.8. The van der Waals surface area contributed by atoms with Gasteiger partial charge in [0, 0.05) is 11.6 Å². The van der Waals surface area contributed by atoms with E-state index in [1.807, 2.05) is 25.1 Å². The SMILES string of the molecule is COc1cc(/C=C(\C#N)C(=O)c2ccccc2C)cc(OC)c1. The van der Waals surface area contributed by atoms with Crippen LogP contribution in [0, 0.1) is 18.3 Å². The van der Waals surface area contributed by atoms with E-state index in [0.717, 1.165) is 5.56 Å². The second kappa shape index (κ2) is 7.28. The highest BCUT2D eigenvalue weighted by Crippen LogP contribution is 2.25. The Hall–Kier alpha value is -3.06. The van der Waals surface area contributed by atoms with Gasteiger partial charge < -0.3 is 9.47 Å². The zero-order valence-electron chi connectivity index (χ0n) is 13.3. The molecule has 0 amide bonds. The number of carbonyl (C=O) groups excluding carboxylic acids is 1. The molecule has 4 heteroatoms. The molecule has 0 N–H and O–H groups in total. The number of nitrogens with zero attached hydrogens (tertiary/aromatic N) is 1. The van der Waals surface area contributed by atoms with E-state index in [1.165, 1.54) is 0 Å². The standard InChI is InChI=1S/C19H17NO3/c1-13-6-4-5-7-18(13)19(21)15(12-20)8-14-9-16(22-2)11-17(10-14)23-3/h4-11H,1-3H3/b15-8+. The number of ether oxygens (including phenoxy) is 2. The molecule has 0 atom stereocenters. The van der Waals surface area contributed by atoms with Crippen LogP contribution in [0.25, 0.3) is 6.08 Å². The predicted molar refractivity (Wildman–Crippen MR) is 88.6 cm³/mol. The first-order chi connectivity index (χ1) is 11.1. The minimum Gasteiger partial charge on any atom is -0.497 e. The van der Waals surface area contributed by atoms with Gasteiger partial charge >= 0.3 is 0 Å². The molecule has 0 fully saturated rings. The summed E-state index contributed by atoms with van der Waals surface area (Å²) in [6, 6.07) is 14.4. The molecule has 0 bridgehead atoms. The van der Waals surface area contributed by atoms with Crippen LogP contribution in [0.5, 0.6) is 11.5 Å². The minimum atomic E-state index is -0.299. The number of hydrogen-bond acceptors (Lipinski definition) is 4. The van der Waals surface area contributed by atoms with Crippen molar-refractivity contribution in [2.24, 2.45) is 0 Å². The summed E-state index contributed by atoms with van der Waals surface area (Å²) in [6.07, 6.45) is 1.54. The number of allylic oxidation sites excluding steroid dienone is 1. The Morgan fingerprint density at radius 2 is 1.70 bits per heavy atom. The highest BCUT2D eigenvalue weighted by Gasteiger charge is 2.14. The molecule has 0 unspecified atom stereocenters. The summed E-state index contributed by atoms with van der Waals surface area (Å²) in [4.78, 5) is 12.6. The molecule has 0 aliphatic carbocycles. The number of rotatable bonds is 5. The lowest BCUT2D eigenvalue weighted by Gasteiger charge is -2.07. The summed E-state index contributed by atoms with van der Waals surface area (Å²) in [5.41, 5.74) is 2.09. The molecule has 2 aromatic carbocycles. The molecule has 0 saturated heterocycles. The van der Waals surface area contributed by atoms with Gasteiger partial charge in [0.05, 0.1) is 14.2 Å². The van der Waals surface area contributed by atoms with Crippen molar-refractivity contribution in [3.8, 4) is 17.6 Å². The molecule has 0 aliphatic rings. The molecule has 0 radical (unpaired) electrons. The molecule has 23 heavy (non-hydrogen) atoms. The Bertz CT molecular complexity index is 778. The lowest BCUT2D eigenvalue weighted by Crippen LogP contribution is -2.04. The van der Waals surface area contributed by atoms with Gasteiger partial charge in [-0.15, -0.1) is 0 Å². The van der Waals surface area contributed by atoms with Gasteiger partial charge in [-0.3, -0.25) is 4.79 Å². The van der Waals surface area contributed by atoms with Gasteiger partial charge in [-0.25, -0.2) is 0 Å². The highest BCUT2D eigenvalue weighted by atomic mass is 16.5. The monoisotopic (exact) mass is 307 g/mol.